The molecule has 1 fully saturated rings. The highest BCUT2D eigenvalue weighted by molar-refractivity contribution is 6.07. The van der Waals surface area contributed by atoms with Crippen molar-refractivity contribution in [2.24, 2.45) is 7.05 Å². The van der Waals surface area contributed by atoms with E-state index in [1.807, 2.05) is 12.1 Å². The smallest absolute Gasteiger partial charge is 0.339 e. The first kappa shape index (κ1) is 28.8. The van der Waals surface area contributed by atoms with Crippen molar-refractivity contribution in [3.05, 3.63) is 75.7 Å². The third kappa shape index (κ3) is 7.62. The summed E-state index contributed by atoms with van der Waals surface area (Å²) < 4.78 is 14.9. The first-order valence-corrected chi connectivity index (χ1v) is 12.5. The normalized spacial score (nSPS) is 15.5. The SMILES string of the molecule is Cc1cc(O)c(C(=O)O)cc1C(=O)Nc1nn(C)cc1C.Cc1ccc(CCN2CCN[C@H](C)C2)cc1F. The fraction of sp³-hybridized carbons (Fsp3) is 0.393. The van der Waals surface area contributed by atoms with Crippen molar-refractivity contribution in [3.63, 3.8) is 0 Å². The number of phenols is 1. The lowest BCUT2D eigenvalue weighted by Crippen LogP contribution is -2.49. The molecular weight excluding hydrogens is 489 g/mol. The van der Waals surface area contributed by atoms with Gasteiger partial charge in [-0.1, -0.05) is 12.1 Å². The summed E-state index contributed by atoms with van der Waals surface area (Å²) in [5, 5.41) is 28.7. The average molecular weight is 526 g/mol. The van der Waals surface area contributed by atoms with E-state index in [1.165, 1.54) is 6.07 Å². The predicted octanol–water partition coefficient (Wildman–Crippen LogP) is 3.66. The first-order chi connectivity index (χ1) is 17.9. The second-order valence-corrected chi connectivity index (χ2v) is 9.77. The third-order valence-electron chi connectivity index (χ3n) is 6.47. The van der Waals surface area contributed by atoms with Crippen molar-refractivity contribution in [2.45, 2.75) is 40.2 Å². The molecule has 2 aromatic carbocycles. The molecule has 3 aromatic rings. The van der Waals surface area contributed by atoms with Crippen LogP contribution in [0.15, 0.2) is 36.5 Å². The molecule has 1 amide bonds. The number of carboxylic acids is 1. The number of aromatic hydroxyl groups is 1. The Morgan fingerprint density at radius 3 is 2.47 bits per heavy atom. The number of aryl methyl sites for hydroxylation is 4. The number of rotatable bonds is 6. The number of carboxylic acid groups (broad SMARTS) is 1. The van der Waals surface area contributed by atoms with E-state index in [4.69, 9.17) is 5.11 Å². The summed E-state index contributed by atoms with van der Waals surface area (Å²) in [5.74, 6) is -1.82. The monoisotopic (exact) mass is 525 g/mol. The largest absolute Gasteiger partial charge is 0.507 e. The van der Waals surface area contributed by atoms with Crippen LogP contribution in [-0.2, 0) is 13.5 Å². The summed E-state index contributed by atoms with van der Waals surface area (Å²) in [7, 11) is 1.73. The van der Waals surface area contributed by atoms with Crippen LogP contribution in [0.4, 0.5) is 10.2 Å². The minimum Gasteiger partial charge on any atom is -0.507 e. The summed E-state index contributed by atoms with van der Waals surface area (Å²) >= 11 is 0. The predicted molar refractivity (Wildman–Crippen MR) is 144 cm³/mol. The molecule has 0 spiro atoms. The lowest BCUT2D eigenvalue weighted by atomic mass is 10.0. The van der Waals surface area contributed by atoms with E-state index in [9.17, 15) is 19.1 Å². The van der Waals surface area contributed by atoms with E-state index in [-0.39, 0.29) is 22.7 Å². The standard InChI is InChI=1S/C14H21FN2.C14H15N3O4/c1-11-3-4-13(9-14(11)15)5-7-17-8-6-16-12(2)10-17;1-7-4-11(18)10(14(20)21)5-9(7)13(19)15-12-8(2)6-17(3)16-12/h3-4,9,12,16H,5-8,10H2,1-2H3;4-6,18H,1-3H3,(H,20,21)(H,15,16,19)/t12-;/m1./s1. The van der Waals surface area contributed by atoms with Crippen LogP contribution in [0, 0.1) is 26.6 Å². The molecule has 0 saturated carbocycles. The number of hydrogen-bond donors (Lipinski definition) is 4. The number of nitrogens with zero attached hydrogens (tertiary/aromatic N) is 3. The number of carbonyl (C=O) groups is 2. The van der Waals surface area contributed by atoms with Gasteiger partial charge in [0.2, 0.25) is 0 Å². The summed E-state index contributed by atoms with van der Waals surface area (Å²) in [6.45, 7) is 11.7. The lowest BCUT2D eigenvalue weighted by molar-refractivity contribution is 0.0693. The highest BCUT2D eigenvalue weighted by Crippen LogP contribution is 2.23. The van der Waals surface area contributed by atoms with Crippen molar-refractivity contribution >= 4 is 17.7 Å². The topological polar surface area (TPSA) is 120 Å². The molecule has 1 atom stereocenters. The Balaban J connectivity index is 0.000000215. The van der Waals surface area contributed by atoms with Crippen molar-refractivity contribution in [1.82, 2.24) is 20.0 Å². The molecule has 1 aliphatic rings. The molecule has 38 heavy (non-hydrogen) atoms. The maximum absolute atomic E-state index is 13.4. The van der Waals surface area contributed by atoms with E-state index < -0.39 is 11.9 Å². The van der Waals surface area contributed by atoms with E-state index >= 15 is 0 Å². The summed E-state index contributed by atoms with van der Waals surface area (Å²) in [5.41, 5.74) is 2.95. The van der Waals surface area contributed by atoms with Gasteiger partial charge in [-0.3, -0.25) is 9.48 Å². The number of nitrogens with one attached hydrogen (secondary N) is 2. The summed E-state index contributed by atoms with van der Waals surface area (Å²) in [4.78, 5) is 25.7. The van der Waals surface area contributed by atoms with Gasteiger partial charge in [0.25, 0.3) is 5.91 Å². The minimum atomic E-state index is -1.30. The van der Waals surface area contributed by atoms with Crippen LogP contribution in [0.3, 0.4) is 0 Å². The maximum atomic E-state index is 13.4. The van der Waals surface area contributed by atoms with Gasteiger partial charge in [-0.2, -0.15) is 5.10 Å². The molecule has 10 heteroatoms. The zero-order valence-electron chi connectivity index (χ0n) is 22.5. The third-order valence-corrected chi connectivity index (χ3v) is 6.47. The van der Waals surface area contributed by atoms with Gasteiger partial charge in [0.05, 0.1) is 0 Å². The molecule has 4 rings (SSSR count). The van der Waals surface area contributed by atoms with Crippen LogP contribution >= 0.6 is 0 Å². The van der Waals surface area contributed by atoms with Crippen LogP contribution in [0.25, 0.3) is 0 Å². The van der Waals surface area contributed by atoms with Crippen LogP contribution in [0.5, 0.6) is 5.75 Å². The van der Waals surface area contributed by atoms with Crippen LogP contribution in [0.1, 0.15) is 49.9 Å². The number of piperazine rings is 1. The van der Waals surface area contributed by atoms with Crippen LogP contribution in [-0.4, -0.2) is 69.0 Å². The molecular formula is C28H36FN5O4. The number of amides is 1. The molecule has 0 aliphatic carbocycles. The first-order valence-electron chi connectivity index (χ1n) is 12.5. The highest BCUT2D eigenvalue weighted by Gasteiger charge is 2.18. The van der Waals surface area contributed by atoms with Crippen LogP contribution in [0.2, 0.25) is 0 Å². The molecule has 1 aromatic heterocycles. The van der Waals surface area contributed by atoms with Gasteiger partial charge in [-0.25, -0.2) is 9.18 Å². The van der Waals surface area contributed by atoms with Crippen LogP contribution < -0.4 is 10.6 Å². The molecule has 204 valence electrons. The summed E-state index contributed by atoms with van der Waals surface area (Å²) in [6.07, 6.45) is 2.69. The second kappa shape index (κ2) is 12.7. The van der Waals surface area contributed by atoms with E-state index in [2.05, 4.69) is 27.6 Å². The Morgan fingerprint density at radius 2 is 1.87 bits per heavy atom. The second-order valence-electron chi connectivity index (χ2n) is 9.77. The quantitative estimate of drug-likeness (QED) is 0.388. The van der Waals surface area contributed by atoms with Crippen molar-refractivity contribution in [3.8, 4) is 5.75 Å². The zero-order valence-corrected chi connectivity index (χ0v) is 22.5. The molecule has 4 N–H and O–H groups in total. The van der Waals surface area contributed by atoms with Gasteiger partial charge in [0, 0.05) is 56.6 Å². The minimum absolute atomic E-state index is 0.0869. The van der Waals surface area contributed by atoms with Gasteiger partial charge in [0.15, 0.2) is 5.82 Å². The maximum Gasteiger partial charge on any atom is 0.339 e. The van der Waals surface area contributed by atoms with E-state index in [0.29, 0.717) is 17.4 Å². The Morgan fingerprint density at radius 1 is 1.13 bits per heavy atom. The fourth-order valence-corrected chi connectivity index (χ4v) is 4.31. The van der Waals surface area contributed by atoms with E-state index in [0.717, 1.165) is 55.4 Å². The number of hydrogen-bond acceptors (Lipinski definition) is 6. The van der Waals surface area contributed by atoms with Gasteiger partial charge in [0.1, 0.15) is 17.1 Å². The Hall–Kier alpha value is -3.76. The number of halogens is 1. The molecule has 1 aliphatic heterocycles. The number of aromatic carboxylic acids is 1. The van der Waals surface area contributed by atoms with Gasteiger partial charge in [-0.15, -0.1) is 0 Å². The molecule has 0 bridgehead atoms. The molecule has 1 saturated heterocycles. The van der Waals surface area contributed by atoms with Gasteiger partial charge >= 0.3 is 5.97 Å². The highest BCUT2D eigenvalue weighted by atomic mass is 19.1. The van der Waals surface area contributed by atoms with E-state index in [1.54, 1.807) is 44.8 Å². The number of carbonyl (C=O) groups excluding carboxylic acids is 1. The Labute approximate surface area is 222 Å². The Bertz CT molecular complexity index is 1310. The molecule has 9 nitrogen and oxygen atoms in total. The average Bonchev–Trinajstić information content (AvgIpc) is 3.16. The number of anilines is 1. The lowest BCUT2D eigenvalue weighted by Gasteiger charge is -2.31. The van der Waals surface area contributed by atoms with Gasteiger partial charge in [-0.05, 0) is 69.0 Å². The van der Waals surface area contributed by atoms with Gasteiger partial charge < -0.3 is 25.7 Å². The molecule has 0 radical (unpaired) electrons. The number of benzene rings is 2. The Kier molecular flexibility index (Phi) is 9.60. The van der Waals surface area contributed by atoms with Crippen molar-refractivity contribution in [2.75, 3.05) is 31.5 Å². The zero-order chi connectivity index (χ0) is 28.0. The molecule has 0 unspecified atom stereocenters. The fourth-order valence-electron chi connectivity index (χ4n) is 4.31. The van der Waals surface area contributed by atoms with Crippen molar-refractivity contribution < 1.29 is 24.2 Å². The number of aromatic nitrogens is 2. The molecule has 2 heterocycles. The van der Waals surface area contributed by atoms with Crippen molar-refractivity contribution in [1.29, 1.82) is 0 Å². The summed E-state index contributed by atoms with van der Waals surface area (Å²) in [6, 6.07) is 8.54.